The number of nitrogens with one attached hydrogen (secondary N) is 1. The molecule has 0 aromatic heterocycles. The van der Waals surface area contributed by atoms with Crippen LogP contribution in [0, 0.1) is 5.41 Å². The number of halogens is 1. The summed E-state index contributed by atoms with van der Waals surface area (Å²) in [5.74, 6) is 0.879. The van der Waals surface area contributed by atoms with E-state index in [1.54, 1.807) is 7.11 Å². The molecule has 18 heavy (non-hydrogen) atoms. The second-order valence-corrected chi connectivity index (χ2v) is 5.48. The van der Waals surface area contributed by atoms with Crippen molar-refractivity contribution in [2.45, 2.75) is 19.3 Å². The van der Waals surface area contributed by atoms with E-state index >= 15 is 0 Å². The van der Waals surface area contributed by atoms with Crippen molar-refractivity contribution in [2.24, 2.45) is 5.41 Å². The number of ether oxygens (including phenoxy) is 1. The highest BCUT2D eigenvalue weighted by atomic mass is 35.5. The summed E-state index contributed by atoms with van der Waals surface area (Å²) >= 11 is 5.98. The van der Waals surface area contributed by atoms with E-state index in [0.29, 0.717) is 6.61 Å². The van der Waals surface area contributed by atoms with Crippen LogP contribution in [0.5, 0.6) is 5.75 Å². The molecule has 100 valence electrons. The number of hydrogen-bond donors (Lipinski definition) is 2. The number of methoxy groups -OCH3 is 1. The van der Waals surface area contributed by atoms with Gasteiger partial charge < -0.3 is 15.2 Å². The number of rotatable bonds is 7. The summed E-state index contributed by atoms with van der Waals surface area (Å²) in [7, 11) is 1.67. The topological polar surface area (TPSA) is 41.5 Å². The van der Waals surface area contributed by atoms with Crippen molar-refractivity contribution in [1.29, 1.82) is 0 Å². The lowest BCUT2D eigenvalue weighted by atomic mass is 10.1. The molecule has 2 N–H and O–H groups in total. The molecule has 1 fully saturated rings. The Hall–Kier alpha value is -0.770. The van der Waals surface area contributed by atoms with Crippen molar-refractivity contribution in [3.05, 3.63) is 28.8 Å². The molecule has 3 nitrogen and oxygen atoms in total. The monoisotopic (exact) mass is 269 g/mol. The van der Waals surface area contributed by atoms with Gasteiger partial charge in [-0.05, 0) is 49.6 Å². The quantitative estimate of drug-likeness (QED) is 0.746. The van der Waals surface area contributed by atoms with Gasteiger partial charge in [0, 0.05) is 23.6 Å². The fourth-order valence-electron chi connectivity index (χ4n) is 2.09. The third-order valence-electron chi connectivity index (χ3n) is 3.61. The van der Waals surface area contributed by atoms with E-state index in [-0.39, 0.29) is 5.41 Å². The zero-order valence-corrected chi connectivity index (χ0v) is 11.5. The molecule has 1 aromatic rings. The second kappa shape index (κ2) is 5.91. The van der Waals surface area contributed by atoms with Gasteiger partial charge in [-0.3, -0.25) is 0 Å². The van der Waals surface area contributed by atoms with E-state index in [0.717, 1.165) is 48.7 Å². The zero-order chi connectivity index (χ0) is 13.0. The summed E-state index contributed by atoms with van der Waals surface area (Å²) in [6.45, 7) is 2.06. The van der Waals surface area contributed by atoms with Crippen molar-refractivity contribution in [3.8, 4) is 5.75 Å². The van der Waals surface area contributed by atoms with E-state index < -0.39 is 0 Å². The zero-order valence-electron chi connectivity index (χ0n) is 10.7. The van der Waals surface area contributed by atoms with Crippen molar-refractivity contribution in [3.63, 3.8) is 0 Å². The highest BCUT2D eigenvalue weighted by Gasteiger charge is 2.41. The highest BCUT2D eigenvalue weighted by molar-refractivity contribution is 6.30. The van der Waals surface area contributed by atoms with Crippen LogP contribution < -0.4 is 10.1 Å². The summed E-state index contributed by atoms with van der Waals surface area (Å²) in [5.41, 5.74) is 1.28. The number of hydrogen-bond acceptors (Lipinski definition) is 3. The van der Waals surface area contributed by atoms with Crippen LogP contribution in [0.15, 0.2) is 18.2 Å². The van der Waals surface area contributed by atoms with Crippen LogP contribution in [0.1, 0.15) is 18.4 Å². The number of aliphatic hydroxyl groups is 1. The molecule has 0 atom stereocenters. The van der Waals surface area contributed by atoms with Gasteiger partial charge >= 0.3 is 0 Å². The van der Waals surface area contributed by atoms with Gasteiger partial charge in [0.2, 0.25) is 0 Å². The molecule has 1 aliphatic carbocycles. The SMILES string of the molecule is COc1ccc(Cl)cc1CCNCC1(CO)CC1. The van der Waals surface area contributed by atoms with Crippen LogP contribution in [-0.4, -0.2) is 31.9 Å². The molecule has 0 heterocycles. The molecule has 1 aromatic carbocycles. The average Bonchev–Trinajstić information content (AvgIpc) is 3.16. The van der Waals surface area contributed by atoms with Crippen molar-refractivity contribution < 1.29 is 9.84 Å². The average molecular weight is 270 g/mol. The lowest BCUT2D eigenvalue weighted by Gasteiger charge is -2.13. The minimum atomic E-state index is 0.165. The Morgan fingerprint density at radius 1 is 1.44 bits per heavy atom. The Bertz CT molecular complexity index is 405. The molecule has 0 aliphatic heterocycles. The molecule has 0 bridgehead atoms. The first-order chi connectivity index (χ1) is 8.69. The second-order valence-electron chi connectivity index (χ2n) is 5.04. The maximum absolute atomic E-state index is 9.21. The minimum Gasteiger partial charge on any atom is -0.496 e. The van der Waals surface area contributed by atoms with Crippen LogP contribution in [-0.2, 0) is 6.42 Å². The van der Waals surface area contributed by atoms with Crippen molar-refractivity contribution in [1.82, 2.24) is 5.32 Å². The van der Waals surface area contributed by atoms with Gasteiger partial charge in [-0.1, -0.05) is 11.6 Å². The Kier molecular flexibility index (Phi) is 4.49. The Balaban J connectivity index is 1.80. The van der Waals surface area contributed by atoms with Crippen LogP contribution in [0.3, 0.4) is 0 Å². The molecule has 4 heteroatoms. The molecule has 0 spiro atoms. The molecule has 0 saturated heterocycles. The van der Waals surface area contributed by atoms with Gasteiger partial charge in [0.15, 0.2) is 0 Å². The summed E-state index contributed by atoms with van der Waals surface area (Å²) < 4.78 is 5.31. The largest absolute Gasteiger partial charge is 0.496 e. The van der Waals surface area contributed by atoms with E-state index in [4.69, 9.17) is 16.3 Å². The molecule has 1 aliphatic rings. The molecule has 1 saturated carbocycles. The standard InChI is InChI=1S/C14H20ClNO2/c1-18-13-3-2-12(15)8-11(13)4-7-16-9-14(10-17)5-6-14/h2-3,8,16-17H,4-7,9-10H2,1H3. The van der Waals surface area contributed by atoms with Crippen LogP contribution in [0.4, 0.5) is 0 Å². The normalized spacial score (nSPS) is 16.6. The Morgan fingerprint density at radius 2 is 2.22 bits per heavy atom. The summed E-state index contributed by atoms with van der Waals surface area (Å²) in [6.07, 6.45) is 3.15. The van der Waals surface area contributed by atoms with Gasteiger partial charge in [0.05, 0.1) is 7.11 Å². The fraction of sp³-hybridized carbons (Fsp3) is 0.571. The fourth-order valence-corrected chi connectivity index (χ4v) is 2.28. The first-order valence-corrected chi connectivity index (χ1v) is 6.71. The van der Waals surface area contributed by atoms with E-state index in [2.05, 4.69) is 5.32 Å². The van der Waals surface area contributed by atoms with Crippen LogP contribution >= 0.6 is 11.6 Å². The first kappa shape index (κ1) is 13.7. The third-order valence-corrected chi connectivity index (χ3v) is 3.84. The number of aliphatic hydroxyl groups excluding tert-OH is 1. The molecule has 0 amide bonds. The lowest BCUT2D eigenvalue weighted by Crippen LogP contribution is -2.28. The predicted molar refractivity (Wildman–Crippen MR) is 73.3 cm³/mol. The van der Waals surface area contributed by atoms with Gasteiger partial charge in [-0.15, -0.1) is 0 Å². The maximum Gasteiger partial charge on any atom is 0.122 e. The minimum absolute atomic E-state index is 0.165. The smallest absolute Gasteiger partial charge is 0.122 e. The lowest BCUT2D eigenvalue weighted by molar-refractivity contribution is 0.208. The van der Waals surface area contributed by atoms with Crippen molar-refractivity contribution >= 4 is 11.6 Å². The first-order valence-electron chi connectivity index (χ1n) is 6.33. The van der Waals surface area contributed by atoms with E-state index in [9.17, 15) is 5.11 Å². The molecular formula is C14H20ClNO2. The van der Waals surface area contributed by atoms with Crippen LogP contribution in [0.25, 0.3) is 0 Å². The number of benzene rings is 1. The summed E-state index contributed by atoms with van der Waals surface area (Å²) in [6, 6.07) is 5.68. The molecule has 0 radical (unpaired) electrons. The highest BCUT2D eigenvalue weighted by Crippen LogP contribution is 2.44. The Labute approximate surface area is 113 Å². The van der Waals surface area contributed by atoms with E-state index in [1.807, 2.05) is 18.2 Å². The van der Waals surface area contributed by atoms with Gasteiger partial charge in [0.1, 0.15) is 5.75 Å². The maximum atomic E-state index is 9.21. The van der Waals surface area contributed by atoms with Crippen LogP contribution in [0.2, 0.25) is 5.02 Å². The third kappa shape index (κ3) is 3.37. The summed E-state index contributed by atoms with van der Waals surface area (Å²) in [5, 5.41) is 13.3. The molecule has 0 unspecified atom stereocenters. The predicted octanol–water partition coefficient (Wildman–Crippen LogP) is 2.25. The van der Waals surface area contributed by atoms with Gasteiger partial charge in [0.25, 0.3) is 0 Å². The molecule has 2 rings (SSSR count). The summed E-state index contributed by atoms with van der Waals surface area (Å²) in [4.78, 5) is 0. The molecular weight excluding hydrogens is 250 g/mol. The van der Waals surface area contributed by atoms with Gasteiger partial charge in [-0.25, -0.2) is 0 Å². The van der Waals surface area contributed by atoms with Gasteiger partial charge in [-0.2, -0.15) is 0 Å². The Morgan fingerprint density at radius 3 is 2.83 bits per heavy atom. The van der Waals surface area contributed by atoms with E-state index in [1.165, 1.54) is 0 Å². The van der Waals surface area contributed by atoms with Crippen molar-refractivity contribution in [2.75, 3.05) is 26.8 Å².